The van der Waals surface area contributed by atoms with E-state index in [-0.39, 0.29) is 23.7 Å². The van der Waals surface area contributed by atoms with Gasteiger partial charge in [0.25, 0.3) is 0 Å². The average molecular weight is 320 g/mol. The topological polar surface area (TPSA) is 53.6 Å². The van der Waals surface area contributed by atoms with Crippen LogP contribution in [0.5, 0.6) is 0 Å². The molecule has 2 N–H and O–H groups in total. The van der Waals surface area contributed by atoms with Crippen molar-refractivity contribution >= 4 is 18.3 Å². The molecule has 2 rings (SSSR count). The molecule has 1 aliphatic carbocycles. The molecule has 1 heterocycles. The van der Waals surface area contributed by atoms with Gasteiger partial charge in [-0.3, -0.25) is 9.69 Å². The van der Waals surface area contributed by atoms with Gasteiger partial charge in [-0.1, -0.05) is 19.3 Å². The maximum Gasteiger partial charge on any atom is 0.233 e. The fraction of sp³-hybridized carbons (Fsp3) is 0.933. The van der Waals surface area contributed by atoms with Gasteiger partial charge in [-0.25, -0.2) is 0 Å². The molecule has 0 aromatic heterocycles. The molecule has 2 fully saturated rings. The van der Waals surface area contributed by atoms with Crippen molar-refractivity contribution in [2.24, 2.45) is 5.41 Å². The highest BCUT2D eigenvalue weighted by Crippen LogP contribution is 2.36. The number of carbonyl (C=O) groups is 1. The summed E-state index contributed by atoms with van der Waals surface area (Å²) < 4.78 is 5.43. The highest BCUT2D eigenvalue weighted by Gasteiger charge is 2.34. The number of nitrogens with one attached hydrogen (secondary N) is 2. The molecule has 1 saturated heterocycles. The van der Waals surface area contributed by atoms with Gasteiger partial charge in [0.15, 0.2) is 0 Å². The molecule has 1 amide bonds. The molecular weight excluding hydrogens is 290 g/mol. The van der Waals surface area contributed by atoms with Crippen molar-refractivity contribution in [3.05, 3.63) is 0 Å². The quantitative estimate of drug-likeness (QED) is 0.768. The first-order valence-corrected chi connectivity index (χ1v) is 7.96. The Kier molecular flexibility index (Phi) is 8.56. The fourth-order valence-corrected chi connectivity index (χ4v) is 3.44. The van der Waals surface area contributed by atoms with Crippen molar-refractivity contribution in [1.29, 1.82) is 0 Å². The van der Waals surface area contributed by atoms with Crippen LogP contribution in [0, 0.1) is 5.41 Å². The summed E-state index contributed by atoms with van der Waals surface area (Å²) >= 11 is 0. The summed E-state index contributed by atoms with van der Waals surface area (Å²) in [7, 11) is 1.81. The summed E-state index contributed by atoms with van der Waals surface area (Å²) in [6, 6.07) is 0. The number of carbonyl (C=O) groups excluding carboxylic acids is 1. The number of likely N-dealkylation sites (N-methyl/N-ethyl adjacent to an activating group) is 1. The third-order valence-corrected chi connectivity index (χ3v) is 4.57. The number of rotatable bonds is 6. The van der Waals surface area contributed by atoms with E-state index < -0.39 is 0 Å². The van der Waals surface area contributed by atoms with E-state index in [4.69, 9.17) is 4.74 Å². The van der Waals surface area contributed by atoms with Crippen LogP contribution in [-0.4, -0.2) is 63.8 Å². The monoisotopic (exact) mass is 319 g/mol. The van der Waals surface area contributed by atoms with E-state index in [1.807, 2.05) is 7.05 Å². The van der Waals surface area contributed by atoms with Gasteiger partial charge in [-0.15, -0.1) is 12.4 Å². The third-order valence-electron chi connectivity index (χ3n) is 4.57. The van der Waals surface area contributed by atoms with Crippen LogP contribution < -0.4 is 10.6 Å². The number of halogens is 1. The number of morpholine rings is 1. The Labute approximate surface area is 134 Å². The highest BCUT2D eigenvalue weighted by molar-refractivity contribution is 5.85. The standard InChI is InChI=1S/C15H29N3O2.ClH/c1-16-11-14(19)17-12-15(5-3-2-4-6-15)13-18-7-9-20-10-8-18;/h16H,2-13H2,1H3,(H,17,19);1H. The molecule has 0 radical (unpaired) electrons. The largest absolute Gasteiger partial charge is 0.379 e. The minimum absolute atomic E-state index is 0. The van der Waals surface area contributed by atoms with Crippen LogP contribution in [-0.2, 0) is 9.53 Å². The fourth-order valence-electron chi connectivity index (χ4n) is 3.44. The Balaban J connectivity index is 0.00000220. The first kappa shape index (κ1) is 18.7. The Morgan fingerprint density at radius 1 is 1.19 bits per heavy atom. The molecule has 1 aliphatic heterocycles. The molecule has 0 bridgehead atoms. The zero-order chi connectivity index (χ0) is 14.3. The second-order valence-corrected chi connectivity index (χ2v) is 6.26. The molecule has 0 spiro atoms. The summed E-state index contributed by atoms with van der Waals surface area (Å²) in [6.45, 7) is 6.11. The van der Waals surface area contributed by atoms with Crippen LogP contribution in [0.1, 0.15) is 32.1 Å². The van der Waals surface area contributed by atoms with E-state index in [0.717, 1.165) is 39.4 Å². The summed E-state index contributed by atoms with van der Waals surface area (Å²) in [5.74, 6) is 0.111. The highest BCUT2D eigenvalue weighted by atomic mass is 35.5. The molecule has 5 nitrogen and oxygen atoms in total. The number of hydrogen-bond acceptors (Lipinski definition) is 4. The van der Waals surface area contributed by atoms with E-state index in [2.05, 4.69) is 15.5 Å². The molecule has 0 aromatic rings. The van der Waals surface area contributed by atoms with Gasteiger partial charge >= 0.3 is 0 Å². The van der Waals surface area contributed by atoms with E-state index in [0.29, 0.717) is 6.54 Å². The van der Waals surface area contributed by atoms with Gasteiger partial charge in [0.05, 0.1) is 19.8 Å². The lowest BCUT2D eigenvalue weighted by molar-refractivity contribution is -0.121. The van der Waals surface area contributed by atoms with Crippen molar-refractivity contribution in [2.45, 2.75) is 32.1 Å². The van der Waals surface area contributed by atoms with Crippen LogP contribution in [0.3, 0.4) is 0 Å². The van der Waals surface area contributed by atoms with Crippen molar-refractivity contribution in [3.63, 3.8) is 0 Å². The Hall–Kier alpha value is -0.360. The molecule has 0 aromatic carbocycles. The smallest absolute Gasteiger partial charge is 0.233 e. The summed E-state index contributed by atoms with van der Waals surface area (Å²) in [5.41, 5.74) is 0.277. The zero-order valence-electron chi connectivity index (χ0n) is 13.2. The van der Waals surface area contributed by atoms with Crippen LogP contribution in [0.4, 0.5) is 0 Å². The summed E-state index contributed by atoms with van der Waals surface area (Å²) in [6.07, 6.45) is 6.42. The van der Waals surface area contributed by atoms with Crippen LogP contribution in [0.25, 0.3) is 0 Å². The summed E-state index contributed by atoms with van der Waals surface area (Å²) in [4.78, 5) is 14.2. The normalized spacial score (nSPS) is 22.3. The van der Waals surface area contributed by atoms with E-state index in [1.54, 1.807) is 0 Å². The number of amides is 1. The predicted molar refractivity (Wildman–Crippen MR) is 87.0 cm³/mol. The second-order valence-electron chi connectivity index (χ2n) is 6.26. The SMILES string of the molecule is CNCC(=O)NCC1(CN2CCOCC2)CCCCC1.Cl. The Morgan fingerprint density at radius 2 is 1.86 bits per heavy atom. The molecule has 6 heteroatoms. The van der Waals surface area contributed by atoms with Gasteiger partial charge in [0.2, 0.25) is 5.91 Å². The zero-order valence-corrected chi connectivity index (χ0v) is 14.0. The number of hydrogen-bond donors (Lipinski definition) is 2. The molecule has 1 saturated carbocycles. The van der Waals surface area contributed by atoms with Crippen LogP contribution in [0.15, 0.2) is 0 Å². The molecule has 124 valence electrons. The van der Waals surface area contributed by atoms with Gasteiger partial charge in [0, 0.05) is 31.6 Å². The number of nitrogens with zero attached hydrogens (tertiary/aromatic N) is 1. The number of ether oxygens (including phenoxy) is 1. The van der Waals surface area contributed by atoms with Crippen molar-refractivity contribution in [3.8, 4) is 0 Å². The van der Waals surface area contributed by atoms with Crippen molar-refractivity contribution in [1.82, 2.24) is 15.5 Å². The van der Waals surface area contributed by atoms with E-state index in [9.17, 15) is 4.79 Å². The molecular formula is C15H30ClN3O2. The maximum atomic E-state index is 11.7. The molecule has 0 unspecified atom stereocenters. The Morgan fingerprint density at radius 3 is 2.48 bits per heavy atom. The first-order valence-electron chi connectivity index (χ1n) is 7.96. The second kappa shape index (κ2) is 9.62. The van der Waals surface area contributed by atoms with Gasteiger partial charge in [-0.05, 0) is 19.9 Å². The van der Waals surface area contributed by atoms with E-state index in [1.165, 1.54) is 32.1 Å². The first-order chi connectivity index (χ1) is 9.74. The van der Waals surface area contributed by atoms with Gasteiger partial charge in [0.1, 0.15) is 0 Å². The van der Waals surface area contributed by atoms with Gasteiger partial charge < -0.3 is 15.4 Å². The minimum Gasteiger partial charge on any atom is -0.379 e. The van der Waals surface area contributed by atoms with E-state index >= 15 is 0 Å². The molecule has 2 aliphatic rings. The Bertz CT molecular complexity index is 303. The predicted octanol–water partition coefficient (Wildman–Crippen LogP) is 1.03. The lowest BCUT2D eigenvalue weighted by Crippen LogP contribution is -2.50. The average Bonchev–Trinajstić information content (AvgIpc) is 2.48. The third kappa shape index (κ3) is 6.10. The lowest BCUT2D eigenvalue weighted by Gasteiger charge is -2.42. The minimum atomic E-state index is 0. The van der Waals surface area contributed by atoms with Crippen molar-refractivity contribution in [2.75, 3.05) is 53.0 Å². The molecule has 0 atom stereocenters. The van der Waals surface area contributed by atoms with Gasteiger partial charge in [-0.2, -0.15) is 0 Å². The van der Waals surface area contributed by atoms with Crippen molar-refractivity contribution < 1.29 is 9.53 Å². The maximum absolute atomic E-state index is 11.7. The van der Waals surface area contributed by atoms with Crippen LogP contribution in [0.2, 0.25) is 0 Å². The van der Waals surface area contributed by atoms with Crippen LogP contribution >= 0.6 is 12.4 Å². The lowest BCUT2D eigenvalue weighted by atomic mass is 9.73. The summed E-state index contributed by atoms with van der Waals surface area (Å²) in [5, 5.41) is 6.03. The molecule has 21 heavy (non-hydrogen) atoms.